The number of ether oxygens (including phenoxy) is 13. The summed E-state index contributed by atoms with van der Waals surface area (Å²) in [7, 11) is 0. The fourth-order valence-corrected chi connectivity index (χ4v) is 11.1. The van der Waals surface area contributed by atoms with E-state index in [1.165, 1.54) is 13.8 Å². The number of nitrogens with two attached hydrogens (primary N) is 2. The van der Waals surface area contributed by atoms with Gasteiger partial charge in [0, 0.05) is 146 Å². The summed E-state index contributed by atoms with van der Waals surface area (Å²) in [6.07, 6.45) is -2.38. The van der Waals surface area contributed by atoms with Crippen LogP contribution in [0, 0.1) is 0 Å². The van der Waals surface area contributed by atoms with Crippen LogP contribution in [0.5, 0.6) is 0 Å². The number of hydrogen-bond acceptors (Lipinski definition) is 29. The van der Waals surface area contributed by atoms with E-state index >= 15 is 0 Å². The SMILES string of the molecule is CC(=O)N[C@H]1[C@H](OCCCCC(=O)NCCCNC(=O)CCOCC(COCCC(=O)NCCCN)(COCCC(=O)NCCCNC(=O)CCCCO[C@@H]2O[C@H](COC(C)=O)[C@H](OC(C)=O)[C@H](OC(C)=O)[C@H]2NC(C)=O)NC(=O)CCCCCCCCC(N)=O)O[C@H](COC(C)=O)[C@H](OC(C)=O)[C@@H]1OC(C)=O. The van der Waals surface area contributed by atoms with Crippen LogP contribution in [0.15, 0.2) is 0 Å². The van der Waals surface area contributed by atoms with Crippen molar-refractivity contribution in [3.63, 3.8) is 0 Å². The number of esters is 6. The predicted octanol–water partition coefficient (Wildman–Crippen LogP) is -0.936. The minimum atomic E-state index is -1.37. The zero-order valence-corrected chi connectivity index (χ0v) is 63.8. The van der Waals surface area contributed by atoms with Gasteiger partial charge in [-0.25, -0.2) is 0 Å². The van der Waals surface area contributed by atoms with Crippen molar-refractivity contribution in [3.05, 3.63) is 0 Å². The Hall–Kier alpha value is -8.27. The molecule has 0 aromatic carbocycles. The minimum Gasteiger partial charge on any atom is -0.463 e. The van der Waals surface area contributed by atoms with Gasteiger partial charge in [0.25, 0.3) is 0 Å². The molecule has 2 fully saturated rings. The lowest BCUT2D eigenvalue weighted by atomic mass is 9.96. The molecule has 616 valence electrons. The average molecular weight is 1550 g/mol. The van der Waals surface area contributed by atoms with Crippen molar-refractivity contribution in [2.24, 2.45) is 11.5 Å². The number of amides is 9. The molecule has 9 amide bonds. The molecule has 0 radical (unpaired) electrons. The number of unbranched alkanes of at least 4 members (excludes halogenated alkanes) is 7. The Bertz CT molecular complexity index is 2680. The molecule has 2 saturated heterocycles. The van der Waals surface area contributed by atoms with E-state index in [1.54, 1.807) is 0 Å². The summed E-state index contributed by atoms with van der Waals surface area (Å²) >= 11 is 0. The minimum absolute atomic E-state index is 0.0139. The van der Waals surface area contributed by atoms with Gasteiger partial charge in [0.05, 0.1) is 39.6 Å². The summed E-state index contributed by atoms with van der Waals surface area (Å²) in [6, 6.07) is -2.29. The standard InChI is InChI=1S/C70H118N10O28/c1-45(81)78-62-66(105-51(7)87)64(103-49(5)85)53(40-101-47(3)83)107-68(62)99-35-17-15-23-56(90)74-31-20-33-76-59(93)27-38-97-43-70(42-96-37-26-58(92)73-30-19-29-71,80-61(95)25-14-12-10-9-11-13-22-55(72)89)44-98-39-28-60(94)77-34-21-32-75-57(91)24-16-18-36-100-69-63(79-46(2)82)67(106-52(8)88)65(104-50(6)86)54(108-69)41-102-48(4)84/h53-54,62-69H,9-44,71H2,1-8H3,(H2,72,89)(H,73,92)(H,74,90)(H,75,91)(H,76,93)(H,77,94)(H,78,81)(H,79,82)(H,80,95)/t53-,54-,62-,63-,64+,65+,66-,67-,68-,69-/m1/s1. The van der Waals surface area contributed by atoms with Crippen molar-refractivity contribution in [2.45, 2.75) is 251 Å². The Morgan fingerprint density at radius 3 is 1.00 bits per heavy atom. The molecule has 0 aromatic rings. The van der Waals surface area contributed by atoms with E-state index in [0.29, 0.717) is 77.3 Å². The second-order valence-corrected chi connectivity index (χ2v) is 26.0. The summed E-state index contributed by atoms with van der Waals surface area (Å²) in [5.41, 5.74) is 9.47. The number of nitrogens with one attached hydrogen (secondary N) is 8. The van der Waals surface area contributed by atoms with Gasteiger partial charge < -0.3 is 116 Å². The highest BCUT2D eigenvalue weighted by Gasteiger charge is 2.53. The molecule has 0 bridgehead atoms. The van der Waals surface area contributed by atoms with Crippen LogP contribution in [-0.4, -0.2) is 261 Å². The van der Waals surface area contributed by atoms with Crippen molar-refractivity contribution in [1.82, 2.24) is 42.5 Å². The van der Waals surface area contributed by atoms with Crippen LogP contribution < -0.4 is 54.0 Å². The van der Waals surface area contributed by atoms with E-state index in [9.17, 15) is 71.9 Å². The zero-order valence-electron chi connectivity index (χ0n) is 63.8. The molecule has 0 spiro atoms. The van der Waals surface area contributed by atoms with Crippen LogP contribution in [0.1, 0.15) is 184 Å². The summed E-state index contributed by atoms with van der Waals surface area (Å²) in [5.74, 6) is -7.69. The first-order valence-corrected chi connectivity index (χ1v) is 36.8. The van der Waals surface area contributed by atoms with Crippen molar-refractivity contribution in [2.75, 3.05) is 105 Å². The van der Waals surface area contributed by atoms with Crippen LogP contribution in [0.3, 0.4) is 0 Å². The quantitative estimate of drug-likeness (QED) is 0.0200. The number of hydrogen-bond donors (Lipinski definition) is 10. The maximum Gasteiger partial charge on any atom is 0.303 e. The van der Waals surface area contributed by atoms with E-state index < -0.39 is 128 Å². The van der Waals surface area contributed by atoms with Gasteiger partial charge in [-0.1, -0.05) is 25.7 Å². The van der Waals surface area contributed by atoms with Crippen molar-refractivity contribution in [3.8, 4) is 0 Å². The third kappa shape index (κ3) is 44.9. The second-order valence-electron chi connectivity index (χ2n) is 26.0. The lowest BCUT2D eigenvalue weighted by molar-refractivity contribution is -0.277. The van der Waals surface area contributed by atoms with Gasteiger partial charge in [0.2, 0.25) is 53.2 Å². The molecule has 0 saturated carbocycles. The number of rotatable bonds is 58. The molecule has 38 heteroatoms. The Kier molecular flexibility index (Phi) is 49.7. The van der Waals surface area contributed by atoms with Crippen molar-refractivity contribution < 1.29 is 133 Å². The van der Waals surface area contributed by atoms with Gasteiger partial charge in [-0.2, -0.15) is 0 Å². The molecular formula is C70H118N10O28. The van der Waals surface area contributed by atoms with Crippen LogP contribution in [0.25, 0.3) is 0 Å². The molecule has 2 aliphatic heterocycles. The maximum atomic E-state index is 13.7. The van der Waals surface area contributed by atoms with Crippen LogP contribution >= 0.6 is 0 Å². The van der Waals surface area contributed by atoms with Crippen LogP contribution in [0.2, 0.25) is 0 Å². The summed E-state index contributed by atoms with van der Waals surface area (Å²) in [5, 5.41) is 22.2. The predicted molar refractivity (Wildman–Crippen MR) is 379 cm³/mol. The lowest BCUT2D eigenvalue weighted by Crippen LogP contribution is -2.66. The first-order chi connectivity index (χ1) is 51.4. The maximum absolute atomic E-state index is 13.7. The van der Waals surface area contributed by atoms with Gasteiger partial charge in [0.1, 0.15) is 43.0 Å². The molecule has 0 aliphatic carbocycles. The first-order valence-electron chi connectivity index (χ1n) is 36.8. The summed E-state index contributed by atoms with van der Waals surface area (Å²) in [4.78, 5) is 185. The van der Waals surface area contributed by atoms with Crippen molar-refractivity contribution >= 4 is 89.0 Å². The highest BCUT2D eigenvalue weighted by molar-refractivity contribution is 5.79. The molecule has 10 atom stereocenters. The van der Waals surface area contributed by atoms with Crippen LogP contribution in [0.4, 0.5) is 0 Å². The van der Waals surface area contributed by atoms with Gasteiger partial charge in [-0.3, -0.25) is 71.9 Å². The Morgan fingerprint density at radius 1 is 0.352 bits per heavy atom. The lowest BCUT2D eigenvalue weighted by Gasteiger charge is -2.44. The fraction of sp³-hybridized carbons (Fsp3) is 0.786. The molecule has 2 rings (SSSR count). The number of carbonyl (C=O) groups is 15. The van der Waals surface area contributed by atoms with E-state index in [4.69, 9.17) is 73.0 Å². The normalized spacial score (nSPS) is 19.5. The van der Waals surface area contributed by atoms with Gasteiger partial charge in [-0.15, -0.1) is 0 Å². The monoisotopic (exact) mass is 1550 g/mol. The smallest absolute Gasteiger partial charge is 0.303 e. The molecule has 108 heavy (non-hydrogen) atoms. The van der Waals surface area contributed by atoms with Gasteiger partial charge >= 0.3 is 35.8 Å². The zero-order chi connectivity index (χ0) is 80.2. The van der Waals surface area contributed by atoms with E-state index in [2.05, 4.69) is 42.5 Å². The fourth-order valence-electron chi connectivity index (χ4n) is 11.1. The van der Waals surface area contributed by atoms with E-state index in [-0.39, 0.29) is 159 Å². The molecular weight excluding hydrogens is 1430 g/mol. The second kappa shape index (κ2) is 56.0. The number of carbonyl (C=O) groups excluding carboxylic acids is 15. The first kappa shape index (κ1) is 95.8. The molecule has 2 heterocycles. The molecule has 0 unspecified atom stereocenters. The summed E-state index contributed by atoms with van der Waals surface area (Å²) < 4.78 is 74.1. The number of primary amides is 1. The van der Waals surface area contributed by atoms with E-state index in [0.717, 1.165) is 67.2 Å². The third-order valence-electron chi connectivity index (χ3n) is 16.0. The highest BCUT2D eigenvalue weighted by Crippen LogP contribution is 2.30. The highest BCUT2D eigenvalue weighted by atomic mass is 16.7. The largest absolute Gasteiger partial charge is 0.463 e. The Balaban J connectivity index is 1.99. The Labute approximate surface area is 630 Å². The third-order valence-corrected chi connectivity index (χ3v) is 16.0. The topological polar surface area (TPSA) is 524 Å². The molecule has 38 nitrogen and oxygen atoms in total. The molecule has 12 N–H and O–H groups in total. The molecule has 0 aromatic heterocycles. The van der Waals surface area contributed by atoms with Gasteiger partial charge in [0.15, 0.2) is 37.0 Å². The summed E-state index contributed by atoms with van der Waals surface area (Å²) in [6.45, 7) is 9.24. The van der Waals surface area contributed by atoms with E-state index in [1.807, 2.05) is 0 Å². The molecule has 2 aliphatic rings. The average Bonchev–Trinajstić information content (AvgIpc) is 0.793. The Morgan fingerprint density at radius 2 is 0.667 bits per heavy atom. The van der Waals surface area contributed by atoms with Crippen molar-refractivity contribution in [1.29, 1.82) is 0 Å². The van der Waals surface area contributed by atoms with Gasteiger partial charge in [-0.05, 0) is 64.3 Å². The van der Waals surface area contributed by atoms with Crippen LogP contribution in [-0.2, 0) is 133 Å².